The topological polar surface area (TPSA) is 115 Å². The van der Waals surface area contributed by atoms with Crippen LogP contribution in [-0.2, 0) is 22.8 Å². The quantitative estimate of drug-likeness (QED) is 0.116. The Hall–Kier alpha value is -0.219. The second-order valence-corrected chi connectivity index (χ2v) is 31.1. The highest BCUT2D eigenvalue weighted by atomic mass is 28.4. The summed E-state index contributed by atoms with van der Waals surface area (Å²) in [5.41, 5.74) is -3.90. The molecule has 1 aliphatic heterocycles. The maximum absolute atomic E-state index is 16.0. The molecule has 2 bridgehead atoms. The van der Waals surface area contributed by atoms with Crippen LogP contribution in [0.15, 0.2) is 11.1 Å². The van der Waals surface area contributed by atoms with Crippen molar-refractivity contribution in [2.24, 2.45) is 16.7 Å². The lowest BCUT2D eigenvalue weighted by Crippen LogP contribution is -2.81. The average molecular weight is 741 g/mol. The summed E-state index contributed by atoms with van der Waals surface area (Å²) in [5, 5.41) is 38.9. The van der Waals surface area contributed by atoms with Crippen molar-refractivity contribution in [3.63, 3.8) is 0 Å². The molecule has 0 amide bonds. The number of ether oxygens (including phenoxy) is 1. The number of carbonyl (C=O) groups excluding carboxylic acids is 1. The minimum Gasteiger partial charge on any atom is -0.413 e. The molecule has 49 heavy (non-hydrogen) atoms. The van der Waals surface area contributed by atoms with Crippen molar-refractivity contribution in [1.29, 1.82) is 0 Å². The van der Waals surface area contributed by atoms with Crippen LogP contribution in [0.5, 0.6) is 0 Å². The Morgan fingerprint density at radius 1 is 0.755 bits per heavy atom. The summed E-state index contributed by atoms with van der Waals surface area (Å²) in [6, 6.07) is 8.11. The van der Waals surface area contributed by atoms with E-state index in [0.29, 0.717) is 6.42 Å². The molecule has 3 aliphatic carbocycles. The van der Waals surface area contributed by atoms with E-state index in [2.05, 4.69) is 69.2 Å². The van der Waals surface area contributed by atoms with Gasteiger partial charge in [0.05, 0.1) is 36.4 Å². The maximum Gasteiger partial charge on any atom is 0.193 e. The molecule has 4 rings (SSSR count). The second kappa shape index (κ2) is 14.5. The van der Waals surface area contributed by atoms with Crippen LogP contribution in [0.3, 0.4) is 0 Å². The van der Waals surface area contributed by atoms with Crippen LogP contribution < -0.4 is 0 Å². The van der Waals surface area contributed by atoms with E-state index in [4.69, 9.17) is 18.0 Å². The summed E-state index contributed by atoms with van der Waals surface area (Å²) in [5.74, 6) is -1.15. The van der Waals surface area contributed by atoms with E-state index >= 15 is 4.79 Å². The minimum atomic E-state index is -2.43. The predicted molar refractivity (Wildman–Crippen MR) is 204 cm³/mol. The molecule has 1 saturated heterocycles. The number of hydrogen-bond donors (Lipinski definition) is 3. The molecule has 1 heterocycles. The summed E-state index contributed by atoms with van der Waals surface area (Å²) in [6.45, 7) is 27.6. The fourth-order valence-electron chi connectivity index (χ4n) is 10.6. The van der Waals surface area contributed by atoms with Gasteiger partial charge in [-0.3, -0.25) is 4.79 Å². The second-order valence-electron chi connectivity index (χ2n) is 16.9. The van der Waals surface area contributed by atoms with Gasteiger partial charge < -0.3 is 33.3 Å². The Labute approximate surface area is 301 Å². The van der Waals surface area contributed by atoms with Crippen LogP contribution in [0.1, 0.15) is 103 Å². The van der Waals surface area contributed by atoms with Gasteiger partial charge in [0.2, 0.25) is 0 Å². The molecular formula is C38H72O8Si3. The molecule has 0 aromatic rings. The van der Waals surface area contributed by atoms with Gasteiger partial charge in [-0.05, 0) is 79.4 Å². The summed E-state index contributed by atoms with van der Waals surface area (Å²) in [4.78, 5) is 16.0. The van der Waals surface area contributed by atoms with Gasteiger partial charge in [0.1, 0.15) is 17.3 Å². The van der Waals surface area contributed by atoms with E-state index in [1.54, 1.807) is 0 Å². The molecule has 0 spiro atoms. The zero-order valence-electron chi connectivity index (χ0n) is 33.3. The number of fused-ring (bicyclic) bond motifs is 5. The third kappa shape index (κ3) is 6.13. The first-order valence-corrected chi connectivity index (χ1v) is 27.5. The first kappa shape index (κ1) is 41.5. The van der Waals surface area contributed by atoms with E-state index < -0.39 is 83.4 Å². The molecule has 3 fully saturated rings. The lowest BCUT2D eigenvalue weighted by Gasteiger charge is -2.68. The number of aliphatic hydroxyl groups excluding tert-OH is 1. The van der Waals surface area contributed by atoms with E-state index in [1.807, 2.05) is 20.8 Å². The number of Topliss-reactive ketones (excluding diaryl/α,β-unsaturated/α-hetero) is 1. The minimum absolute atomic E-state index is 0.00562. The largest absolute Gasteiger partial charge is 0.413 e. The van der Waals surface area contributed by atoms with Gasteiger partial charge in [0.25, 0.3) is 0 Å². The first-order chi connectivity index (χ1) is 22.8. The van der Waals surface area contributed by atoms with Gasteiger partial charge in [-0.15, -0.1) is 0 Å². The number of ketones is 1. The van der Waals surface area contributed by atoms with E-state index in [9.17, 15) is 15.3 Å². The van der Waals surface area contributed by atoms with Gasteiger partial charge in [0, 0.05) is 24.2 Å². The van der Waals surface area contributed by atoms with Crippen molar-refractivity contribution in [1.82, 2.24) is 0 Å². The Balaban J connectivity index is 2.09. The third-order valence-corrected chi connectivity index (χ3v) is 29.2. The van der Waals surface area contributed by atoms with Crippen LogP contribution >= 0.6 is 0 Å². The molecule has 0 aromatic heterocycles. The van der Waals surface area contributed by atoms with Crippen molar-refractivity contribution in [2.45, 2.75) is 199 Å². The van der Waals surface area contributed by atoms with Gasteiger partial charge in [-0.25, -0.2) is 0 Å². The highest BCUT2D eigenvalue weighted by molar-refractivity contribution is 6.74. The summed E-state index contributed by atoms with van der Waals surface area (Å²) in [7, 11) is -6.90. The average Bonchev–Trinajstić information content (AvgIpc) is 3.09. The highest BCUT2D eigenvalue weighted by Crippen LogP contribution is 2.64. The zero-order chi connectivity index (χ0) is 37.0. The number of rotatable bonds is 15. The molecule has 2 saturated carbocycles. The van der Waals surface area contributed by atoms with Gasteiger partial charge in [-0.2, -0.15) is 0 Å². The summed E-state index contributed by atoms with van der Waals surface area (Å²) >= 11 is 0. The number of hydrogen-bond acceptors (Lipinski definition) is 8. The standard InChI is InChI=1S/C38H72O8Si3/c1-14-47(15-2,16-3)44-27-24-38(42)34(40)32-36(13,28(23-29-37(32,41)25-43-29)45-48(17-4,18-5)19-6)33(39)31(30(26(27)10)35(38,11)12)46-49(20-7,21-8)22-9/h27-29,31-32,34,40-42H,14-25H2,1-13H3/t27-,28-,29+,31+,32-,34-,36+,37-,38+/m0/s1. The van der Waals surface area contributed by atoms with E-state index in [0.717, 1.165) is 65.5 Å². The SMILES string of the molecule is CC[Si](CC)(CC)O[C@H]1C(=O)[C@]2(C)[C@@H](O[Si](CC)(CC)CC)C[C@H]3OC[C@@]3(O)[C@H]2[C@H](O)[C@]2(O)C[C@H](O[Si](CC)(CC)CC)C(C)=C1C2(C)C. The molecule has 0 unspecified atom stereocenters. The summed E-state index contributed by atoms with van der Waals surface area (Å²) < 4.78 is 28.0. The Bertz CT molecular complexity index is 1200. The van der Waals surface area contributed by atoms with Crippen molar-refractivity contribution in [2.75, 3.05) is 6.61 Å². The molecule has 9 atom stereocenters. The third-order valence-electron chi connectivity index (χ3n) is 15.3. The van der Waals surface area contributed by atoms with Gasteiger partial charge >= 0.3 is 0 Å². The monoisotopic (exact) mass is 740 g/mol. The molecular weight excluding hydrogens is 669 g/mol. The molecule has 284 valence electrons. The van der Waals surface area contributed by atoms with Crippen LogP contribution in [0, 0.1) is 16.7 Å². The number of carbonyl (C=O) groups is 1. The Kier molecular flexibility index (Phi) is 12.3. The zero-order valence-corrected chi connectivity index (χ0v) is 36.3. The smallest absolute Gasteiger partial charge is 0.193 e. The number of aliphatic hydroxyl groups is 3. The van der Waals surface area contributed by atoms with E-state index in [1.165, 1.54) is 0 Å². The fraction of sp³-hybridized carbons (Fsp3) is 0.921. The molecule has 8 nitrogen and oxygen atoms in total. The van der Waals surface area contributed by atoms with Crippen LogP contribution in [0.4, 0.5) is 0 Å². The molecule has 3 N–H and O–H groups in total. The summed E-state index contributed by atoms with van der Waals surface area (Å²) in [6.07, 6.45) is -3.51. The van der Waals surface area contributed by atoms with Crippen LogP contribution in [0.2, 0.25) is 54.4 Å². The van der Waals surface area contributed by atoms with Crippen LogP contribution in [-0.4, -0.2) is 94.4 Å². The van der Waals surface area contributed by atoms with Crippen molar-refractivity contribution in [3.8, 4) is 0 Å². The lowest BCUT2D eigenvalue weighted by atomic mass is 9.45. The molecule has 4 aliphatic rings. The molecule has 0 aromatic carbocycles. The predicted octanol–water partition coefficient (Wildman–Crippen LogP) is 7.73. The normalized spacial score (nSPS) is 38.0. The van der Waals surface area contributed by atoms with Crippen molar-refractivity contribution < 1.29 is 38.1 Å². The molecule has 0 radical (unpaired) electrons. The Morgan fingerprint density at radius 3 is 1.63 bits per heavy atom. The fourth-order valence-corrected chi connectivity index (χ4v) is 19.1. The highest BCUT2D eigenvalue weighted by Gasteiger charge is 2.76. The molecule has 11 heteroatoms. The first-order valence-electron chi connectivity index (χ1n) is 19.9. The van der Waals surface area contributed by atoms with Gasteiger partial charge in [0.15, 0.2) is 30.7 Å². The van der Waals surface area contributed by atoms with Crippen LogP contribution in [0.25, 0.3) is 0 Å². The van der Waals surface area contributed by atoms with Gasteiger partial charge in [-0.1, -0.05) is 76.2 Å². The van der Waals surface area contributed by atoms with Crippen molar-refractivity contribution in [3.05, 3.63) is 11.1 Å². The van der Waals surface area contributed by atoms with E-state index in [-0.39, 0.29) is 18.8 Å². The lowest BCUT2D eigenvalue weighted by molar-refractivity contribution is -0.343. The Morgan fingerprint density at radius 2 is 1.20 bits per heavy atom. The maximum atomic E-state index is 16.0. The van der Waals surface area contributed by atoms with Crippen molar-refractivity contribution >= 4 is 30.7 Å².